The molecule has 1 heterocycles. The number of hydrogen-bond donors (Lipinski definition) is 1. The summed E-state index contributed by atoms with van der Waals surface area (Å²) >= 11 is 9.61. The molecule has 2 aromatic carbocycles. The molecule has 1 aliphatic heterocycles. The lowest BCUT2D eigenvalue weighted by molar-refractivity contribution is 0.134. The molecular weight excluding hydrogens is 382 g/mol. The van der Waals surface area contributed by atoms with E-state index in [0.29, 0.717) is 23.1 Å². The van der Waals surface area contributed by atoms with Gasteiger partial charge in [0.25, 0.3) is 0 Å². The fourth-order valence-corrected chi connectivity index (χ4v) is 2.80. The van der Waals surface area contributed by atoms with Gasteiger partial charge in [-0.3, -0.25) is 0 Å². The third-order valence-electron chi connectivity index (χ3n) is 3.55. The minimum absolute atomic E-state index is 0.196. The highest BCUT2D eigenvalue weighted by atomic mass is 79.9. The Labute approximate surface area is 148 Å². The van der Waals surface area contributed by atoms with Gasteiger partial charge in [-0.15, -0.1) is 0 Å². The van der Waals surface area contributed by atoms with Gasteiger partial charge in [0, 0.05) is 17.6 Å². The third-order valence-corrected chi connectivity index (χ3v) is 4.34. The molecule has 1 saturated heterocycles. The first-order valence-electron chi connectivity index (χ1n) is 7.28. The van der Waals surface area contributed by atoms with E-state index in [9.17, 15) is 0 Å². The summed E-state index contributed by atoms with van der Waals surface area (Å²) in [6, 6.07) is 11.4. The molecule has 0 amide bonds. The molecule has 0 radical (unpaired) electrons. The van der Waals surface area contributed by atoms with E-state index in [1.165, 1.54) is 0 Å². The van der Waals surface area contributed by atoms with Crippen molar-refractivity contribution >= 4 is 27.5 Å². The van der Waals surface area contributed by atoms with Crippen LogP contribution in [-0.4, -0.2) is 26.3 Å². The van der Waals surface area contributed by atoms with Crippen molar-refractivity contribution < 1.29 is 14.2 Å². The summed E-state index contributed by atoms with van der Waals surface area (Å²) in [5.74, 6) is 2.11. The lowest BCUT2D eigenvalue weighted by Gasteiger charge is -2.28. The van der Waals surface area contributed by atoms with Crippen LogP contribution >= 0.6 is 27.5 Å². The van der Waals surface area contributed by atoms with Crippen LogP contribution in [0.25, 0.3) is 0 Å². The predicted molar refractivity (Wildman–Crippen MR) is 93.8 cm³/mol. The number of methoxy groups -OCH3 is 1. The molecule has 3 rings (SSSR count). The second kappa shape index (κ2) is 7.43. The Morgan fingerprint density at radius 3 is 2.57 bits per heavy atom. The van der Waals surface area contributed by atoms with Crippen LogP contribution in [0.5, 0.6) is 17.2 Å². The Balaban J connectivity index is 1.70. The normalized spacial score (nSPS) is 14.2. The van der Waals surface area contributed by atoms with Gasteiger partial charge in [0.15, 0.2) is 11.5 Å². The monoisotopic (exact) mass is 397 g/mol. The number of benzene rings is 2. The van der Waals surface area contributed by atoms with Crippen LogP contribution in [0.1, 0.15) is 5.56 Å². The van der Waals surface area contributed by atoms with Gasteiger partial charge < -0.3 is 19.5 Å². The predicted octanol–water partition coefficient (Wildman–Crippen LogP) is 4.04. The van der Waals surface area contributed by atoms with Crippen LogP contribution in [-0.2, 0) is 6.61 Å². The fourth-order valence-electron chi connectivity index (χ4n) is 2.18. The summed E-state index contributed by atoms with van der Waals surface area (Å²) in [5, 5.41) is 3.76. The topological polar surface area (TPSA) is 39.7 Å². The summed E-state index contributed by atoms with van der Waals surface area (Å²) in [4.78, 5) is 0. The summed E-state index contributed by atoms with van der Waals surface area (Å²) in [7, 11) is 1.60. The molecule has 0 spiro atoms. The number of halogens is 2. The van der Waals surface area contributed by atoms with Crippen molar-refractivity contribution in [2.45, 2.75) is 12.7 Å². The van der Waals surface area contributed by atoms with Crippen molar-refractivity contribution in [1.29, 1.82) is 0 Å². The van der Waals surface area contributed by atoms with E-state index in [0.717, 1.165) is 28.9 Å². The van der Waals surface area contributed by atoms with Gasteiger partial charge >= 0.3 is 0 Å². The molecule has 0 aromatic heterocycles. The molecule has 2 aromatic rings. The highest BCUT2D eigenvalue weighted by Gasteiger charge is 2.20. The highest BCUT2D eigenvalue weighted by molar-refractivity contribution is 9.10. The average Bonchev–Trinajstić information content (AvgIpc) is 2.50. The summed E-state index contributed by atoms with van der Waals surface area (Å²) in [6.07, 6.45) is 0.196. The van der Waals surface area contributed by atoms with Crippen molar-refractivity contribution in [3.63, 3.8) is 0 Å². The van der Waals surface area contributed by atoms with Crippen LogP contribution in [0.3, 0.4) is 0 Å². The van der Waals surface area contributed by atoms with Gasteiger partial charge in [-0.25, -0.2) is 0 Å². The molecule has 23 heavy (non-hydrogen) atoms. The molecule has 0 saturated carbocycles. The van der Waals surface area contributed by atoms with Gasteiger partial charge in [0.1, 0.15) is 18.5 Å². The Hall–Kier alpha value is -1.43. The first-order chi connectivity index (χ1) is 11.2. The van der Waals surface area contributed by atoms with E-state index in [2.05, 4.69) is 21.2 Å². The van der Waals surface area contributed by atoms with Gasteiger partial charge in [-0.2, -0.15) is 0 Å². The third kappa shape index (κ3) is 4.10. The SMILES string of the molecule is COc1ccc(COc2ccc(Br)cc2OC2CNC2)cc1Cl. The maximum atomic E-state index is 6.14. The van der Waals surface area contributed by atoms with Crippen LogP contribution in [0.15, 0.2) is 40.9 Å². The lowest BCUT2D eigenvalue weighted by atomic mass is 10.2. The number of ether oxygens (including phenoxy) is 3. The molecule has 6 heteroatoms. The van der Waals surface area contributed by atoms with Crippen molar-refractivity contribution in [3.05, 3.63) is 51.5 Å². The van der Waals surface area contributed by atoms with Crippen molar-refractivity contribution in [2.24, 2.45) is 0 Å². The van der Waals surface area contributed by atoms with Gasteiger partial charge in [0.05, 0.1) is 12.1 Å². The molecule has 0 atom stereocenters. The molecule has 1 fully saturated rings. The van der Waals surface area contributed by atoms with Crippen molar-refractivity contribution in [1.82, 2.24) is 5.32 Å². The van der Waals surface area contributed by atoms with Gasteiger partial charge in [-0.05, 0) is 35.9 Å². The zero-order valence-electron chi connectivity index (χ0n) is 12.6. The first-order valence-corrected chi connectivity index (χ1v) is 8.45. The molecular formula is C17H17BrClNO3. The largest absolute Gasteiger partial charge is 0.495 e. The zero-order chi connectivity index (χ0) is 16.2. The summed E-state index contributed by atoms with van der Waals surface area (Å²) in [5.41, 5.74) is 0.968. The molecule has 0 aliphatic carbocycles. The molecule has 1 N–H and O–H groups in total. The quantitative estimate of drug-likeness (QED) is 0.797. The summed E-state index contributed by atoms with van der Waals surface area (Å²) in [6.45, 7) is 2.13. The molecule has 1 aliphatic rings. The van der Waals surface area contributed by atoms with Crippen LogP contribution in [0, 0.1) is 0 Å². The van der Waals surface area contributed by atoms with E-state index < -0.39 is 0 Å². The fraction of sp³-hybridized carbons (Fsp3) is 0.294. The maximum absolute atomic E-state index is 6.14. The number of nitrogens with one attached hydrogen (secondary N) is 1. The van der Waals surface area contributed by atoms with E-state index in [1.807, 2.05) is 36.4 Å². The Bertz CT molecular complexity index is 692. The smallest absolute Gasteiger partial charge is 0.162 e. The molecule has 0 unspecified atom stereocenters. The average molecular weight is 399 g/mol. The minimum atomic E-state index is 0.196. The molecule has 122 valence electrons. The zero-order valence-corrected chi connectivity index (χ0v) is 15.0. The first kappa shape index (κ1) is 16.4. The van der Waals surface area contributed by atoms with Gasteiger partial charge in [0.2, 0.25) is 0 Å². The van der Waals surface area contributed by atoms with Crippen LogP contribution in [0.4, 0.5) is 0 Å². The summed E-state index contributed by atoms with van der Waals surface area (Å²) < 4.78 is 18.0. The van der Waals surface area contributed by atoms with E-state index in [4.69, 9.17) is 25.8 Å². The van der Waals surface area contributed by atoms with Crippen LogP contribution in [0.2, 0.25) is 5.02 Å². The Morgan fingerprint density at radius 2 is 1.91 bits per heavy atom. The minimum Gasteiger partial charge on any atom is -0.495 e. The Kier molecular flexibility index (Phi) is 5.30. The van der Waals surface area contributed by atoms with Crippen molar-refractivity contribution in [2.75, 3.05) is 20.2 Å². The van der Waals surface area contributed by atoms with Crippen LogP contribution < -0.4 is 19.5 Å². The second-order valence-corrected chi connectivity index (χ2v) is 6.57. The van der Waals surface area contributed by atoms with E-state index in [1.54, 1.807) is 7.11 Å². The lowest BCUT2D eigenvalue weighted by Crippen LogP contribution is -2.50. The van der Waals surface area contributed by atoms with Crippen molar-refractivity contribution in [3.8, 4) is 17.2 Å². The van der Waals surface area contributed by atoms with Gasteiger partial charge in [-0.1, -0.05) is 33.6 Å². The molecule has 0 bridgehead atoms. The number of rotatable bonds is 6. The highest BCUT2D eigenvalue weighted by Crippen LogP contribution is 2.33. The maximum Gasteiger partial charge on any atom is 0.162 e. The standard InChI is InChI=1S/C17H17BrClNO3/c1-21-15-4-2-11(6-14(15)19)10-22-16-5-3-12(18)7-17(16)23-13-8-20-9-13/h2-7,13,20H,8-10H2,1H3. The second-order valence-electron chi connectivity index (χ2n) is 5.25. The van der Waals surface area contributed by atoms with E-state index >= 15 is 0 Å². The van der Waals surface area contributed by atoms with E-state index in [-0.39, 0.29) is 6.10 Å². The Morgan fingerprint density at radius 1 is 1.13 bits per heavy atom. The molecule has 4 nitrogen and oxygen atoms in total. The number of hydrogen-bond acceptors (Lipinski definition) is 4.